The van der Waals surface area contributed by atoms with Crippen molar-refractivity contribution in [3.63, 3.8) is 0 Å². The Labute approximate surface area is 125 Å². The first-order valence-corrected chi connectivity index (χ1v) is 7.18. The second kappa shape index (κ2) is 5.39. The number of carbonyl (C=O) groups excluding carboxylic acids is 1. The van der Waals surface area contributed by atoms with Crippen LogP contribution in [0, 0.1) is 6.92 Å². The van der Waals surface area contributed by atoms with Crippen molar-refractivity contribution in [3.8, 4) is 5.75 Å². The number of hydrogen-bond donors (Lipinski definition) is 2. The Morgan fingerprint density at radius 1 is 1.57 bits per heavy atom. The molecule has 1 aliphatic heterocycles. The van der Waals surface area contributed by atoms with Crippen LogP contribution in [0.15, 0.2) is 6.07 Å². The number of rotatable bonds is 5. The highest BCUT2D eigenvalue weighted by Crippen LogP contribution is 2.42. The van der Waals surface area contributed by atoms with E-state index in [0.29, 0.717) is 36.6 Å². The molecular formula is C16H23NO4. The Hall–Kier alpha value is -1.46. The largest absolute Gasteiger partial charge is 0.490 e. The summed E-state index contributed by atoms with van der Waals surface area (Å²) in [6.45, 7) is 7.29. The molecule has 0 spiro atoms. The summed E-state index contributed by atoms with van der Waals surface area (Å²) >= 11 is 0. The number of ether oxygens (including phenoxy) is 1. The number of pyridine rings is 1. The molecular weight excluding hydrogens is 270 g/mol. The van der Waals surface area contributed by atoms with Crippen molar-refractivity contribution in [2.75, 3.05) is 13.2 Å². The Kier molecular flexibility index (Phi) is 4.08. The highest BCUT2D eigenvalue weighted by atomic mass is 16.5. The van der Waals surface area contributed by atoms with E-state index < -0.39 is 11.0 Å². The minimum absolute atomic E-state index is 0.0293. The third-order valence-corrected chi connectivity index (χ3v) is 4.19. The van der Waals surface area contributed by atoms with Gasteiger partial charge in [0, 0.05) is 12.0 Å². The first-order valence-electron chi connectivity index (χ1n) is 7.18. The summed E-state index contributed by atoms with van der Waals surface area (Å²) in [6.07, 6.45) is 0.628. The van der Waals surface area contributed by atoms with Gasteiger partial charge in [0.1, 0.15) is 23.7 Å². The second-order valence-electron chi connectivity index (χ2n) is 6.45. The van der Waals surface area contributed by atoms with E-state index in [4.69, 9.17) is 4.74 Å². The van der Waals surface area contributed by atoms with Gasteiger partial charge < -0.3 is 19.7 Å². The number of hydrogen-bond acceptors (Lipinski definition) is 5. The van der Waals surface area contributed by atoms with E-state index in [2.05, 4.69) is 4.98 Å². The fourth-order valence-electron chi connectivity index (χ4n) is 2.55. The van der Waals surface area contributed by atoms with Gasteiger partial charge in [-0.1, -0.05) is 0 Å². The Morgan fingerprint density at radius 2 is 2.24 bits per heavy atom. The summed E-state index contributed by atoms with van der Waals surface area (Å²) in [6, 6.07) is 1.80. The molecule has 0 radical (unpaired) electrons. The van der Waals surface area contributed by atoms with Gasteiger partial charge in [-0.05, 0) is 40.2 Å². The molecule has 2 N–H and O–H groups in total. The summed E-state index contributed by atoms with van der Waals surface area (Å²) in [5.41, 5.74) is 0.433. The molecule has 0 bridgehead atoms. The SMILES string of the molecule is CC(=O)CCC(C)(O)c1cc2c(c(C)n1)OC[C@]2(C)CO. The number of aliphatic hydroxyl groups excluding tert-OH is 1. The summed E-state index contributed by atoms with van der Waals surface area (Å²) in [5.74, 6) is 0.731. The van der Waals surface area contributed by atoms with Gasteiger partial charge >= 0.3 is 0 Å². The van der Waals surface area contributed by atoms with Gasteiger partial charge in [0.15, 0.2) is 0 Å². The molecule has 0 saturated heterocycles. The maximum atomic E-state index is 11.1. The van der Waals surface area contributed by atoms with Crippen LogP contribution >= 0.6 is 0 Å². The lowest BCUT2D eigenvalue weighted by Gasteiger charge is -2.25. The van der Waals surface area contributed by atoms with Gasteiger partial charge in [-0.2, -0.15) is 0 Å². The molecule has 0 saturated carbocycles. The molecule has 1 aromatic rings. The standard InChI is InChI=1S/C16H23NO4/c1-10(19)5-6-16(4,20)13-7-12-14(11(2)17-13)21-9-15(12,3)8-18/h7,18,20H,5-6,8-9H2,1-4H3/t15-,16?/m0/s1. The smallest absolute Gasteiger partial charge is 0.144 e. The molecule has 0 fully saturated rings. The van der Waals surface area contributed by atoms with E-state index >= 15 is 0 Å². The number of aliphatic hydroxyl groups is 2. The van der Waals surface area contributed by atoms with E-state index in [9.17, 15) is 15.0 Å². The first kappa shape index (κ1) is 15.9. The number of fused-ring (bicyclic) bond motifs is 1. The van der Waals surface area contributed by atoms with Crippen LogP contribution in [0.5, 0.6) is 5.75 Å². The normalized spacial score (nSPS) is 23.3. The van der Waals surface area contributed by atoms with Crippen LogP contribution in [0.3, 0.4) is 0 Å². The van der Waals surface area contributed by atoms with E-state index in [1.54, 1.807) is 13.0 Å². The van der Waals surface area contributed by atoms with E-state index in [-0.39, 0.29) is 12.4 Å². The maximum Gasteiger partial charge on any atom is 0.144 e. The zero-order valence-corrected chi connectivity index (χ0v) is 13.1. The van der Waals surface area contributed by atoms with Gasteiger partial charge in [-0.3, -0.25) is 4.98 Å². The lowest BCUT2D eigenvalue weighted by Crippen LogP contribution is -2.29. The molecule has 2 rings (SSSR count). The van der Waals surface area contributed by atoms with Gasteiger partial charge in [0.05, 0.1) is 23.4 Å². The third kappa shape index (κ3) is 2.94. The van der Waals surface area contributed by atoms with Gasteiger partial charge in [0.25, 0.3) is 0 Å². The molecule has 116 valence electrons. The van der Waals surface area contributed by atoms with Crippen LogP contribution in [0.25, 0.3) is 0 Å². The molecule has 1 unspecified atom stereocenters. The van der Waals surface area contributed by atoms with Gasteiger partial charge in [-0.15, -0.1) is 0 Å². The molecule has 0 aliphatic carbocycles. The number of Topliss-reactive ketones (excluding diaryl/α,β-unsaturated/α-hetero) is 1. The molecule has 2 heterocycles. The van der Waals surface area contributed by atoms with Crippen LogP contribution in [0.2, 0.25) is 0 Å². The van der Waals surface area contributed by atoms with Crippen molar-refractivity contribution < 1.29 is 19.7 Å². The number of nitrogens with zero attached hydrogens (tertiary/aromatic N) is 1. The summed E-state index contributed by atoms with van der Waals surface area (Å²) < 4.78 is 5.64. The first-order chi connectivity index (χ1) is 9.69. The number of aryl methyl sites for hydroxylation is 1. The molecule has 21 heavy (non-hydrogen) atoms. The number of aromatic nitrogens is 1. The van der Waals surface area contributed by atoms with E-state index in [1.807, 2.05) is 13.8 Å². The monoisotopic (exact) mass is 293 g/mol. The van der Waals surface area contributed by atoms with Crippen molar-refractivity contribution in [2.24, 2.45) is 0 Å². The van der Waals surface area contributed by atoms with Gasteiger partial charge in [-0.25, -0.2) is 0 Å². The lowest BCUT2D eigenvalue weighted by molar-refractivity contribution is -0.118. The minimum Gasteiger partial charge on any atom is -0.490 e. The van der Waals surface area contributed by atoms with Crippen molar-refractivity contribution >= 4 is 5.78 Å². The Balaban J connectivity index is 2.41. The summed E-state index contributed by atoms with van der Waals surface area (Å²) in [4.78, 5) is 15.6. The zero-order valence-electron chi connectivity index (χ0n) is 13.1. The van der Waals surface area contributed by atoms with Crippen LogP contribution < -0.4 is 4.74 Å². The highest BCUT2D eigenvalue weighted by Gasteiger charge is 2.39. The maximum absolute atomic E-state index is 11.1. The van der Waals surface area contributed by atoms with Crippen LogP contribution in [-0.4, -0.2) is 34.2 Å². The molecule has 0 amide bonds. The number of ketones is 1. The fraction of sp³-hybridized carbons (Fsp3) is 0.625. The predicted octanol–water partition coefficient (Wildman–Crippen LogP) is 1.61. The Bertz CT molecular complexity index is 568. The van der Waals surface area contributed by atoms with Crippen molar-refractivity contribution in [3.05, 3.63) is 23.0 Å². The molecule has 5 nitrogen and oxygen atoms in total. The molecule has 5 heteroatoms. The van der Waals surface area contributed by atoms with Crippen LogP contribution in [0.1, 0.15) is 50.6 Å². The van der Waals surface area contributed by atoms with Crippen LogP contribution in [0.4, 0.5) is 0 Å². The molecule has 0 aromatic carbocycles. The zero-order chi connectivity index (χ0) is 15.8. The van der Waals surface area contributed by atoms with Crippen molar-refractivity contribution in [1.29, 1.82) is 0 Å². The predicted molar refractivity (Wildman–Crippen MR) is 78.4 cm³/mol. The topological polar surface area (TPSA) is 79.7 Å². The molecule has 1 aliphatic rings. The van der Waals surface area contributed by atoms with E-state index in [0.717, 1.165) is 5.56 Å². The average molecular weight is 293 g/mol. The summed E-state index contributed by atoms with van der Waals surface area (Å²) in [5, 5.41) is 20.2. The lowest BCUT2D eigenvalue weighted by atomic mass is 9.83. The van der Waals surface area contributed by atoms with E-state index in [1.165, 1.54) is 6.92 Å². The second-order valence-corrected chi connectivity index (χ2v) is 6.45. The summed E-state index contributed by atoms with van der Waals surface area (Å²) in [7, 11) is 0. The average Bonchev–Trinajstić information content (AvgIpc) is 2.76. The van der Waals surface area contributed by atoms with Gasteiger partial charge in [0.2, 0.25) is 0 Å². The highest BCUT2D eigenvalue weighted by molar-refractivity contribution is 5.75. The number of carbonyl (C=O) groups is 1. The fourth-order valence-corrected chi connectivity index (χ4v) is 2.55. The Morgan fingerprint density at radius 3 is 2.81 bits per heavy atom. The molecule has 1 aromatic heterocycles. The van der Waals surface area contributed by atoms with Crippen molar-refractivity contribution in [2.45, 2.75) is 51.6 Å². The van der Waals surface area contributed by atoms with Crippen LogP contribution in [-0.2, 0) is 15.8 Å². The third-order valence-electron chi connectivity index (χ3n) is 4.19. The molecule has 2 atom stereocenters. The quantitative estimate of drug-likeness (QED) is 0.862. The van der Waals surface area contributed by atoms with Crippen molar-refractivity contribution in [1.82, 2.24) is 4.98 Å². The minimum atomic E-state index is -1.18.